The van der Waals surface area contributed by atoms with Crippen LogP contribution in [0.5, 0.6) is 17.2 Å². The van der Waals surface area contributed by atoms with Crippen LogP contribution < -0.4 is 9.47 Å². The first-order valence-electron chi connectivity index (χ1n) is 6.58. The summed E-state index contributed by atoms with van der Waals surface area (Å²) in [4.78, 5) is 24.4. The molecule has 7 nitrogen and oxygen atoms in total. The first-order valence-corrected chi connectivity index (χ1v) is 7.93. The van der Waals surface area contributed by atoms with Crippen molar-refractivity contribution in [3.8, 4) is 17.2 Å². The number of ether oxygens (including phenoxy) is 2. The summed E-state index contributed by atoms with van der Waals surface area (Å²) in [6.07, 6.45) is 1.51. The Morgan fingerprint density at radius 1 is 1.29 bits per heavy atom. The Balaban J connectivity index is 3.27. The molecular weight excluding hydrogens is 354 g/mol. The molecule has 9 heteroatoms. The van der Waals surface area contributed by atoms with Crippen LogP contribution in [0.2, 0.25) is 0 Å². The van der Waals surface area contributed by atoms with E-state index in [1.54, 1.807) is 0 Å². The summed E-state index contributed by atoms with van der Waals surface area (Å²) in [5.74, 6) is -1.41. The molecule has 0 heterocycles. The van der Waals surface area contributed by atoms with Crippen molar-refractivity contribution in [2.45, 2.75) is 0 Å². The van der Waals surface area contributed by atoms with Crippen molar-refractivity contribution in [2.75, 3.05) is 27.8 Å². The predicted octanol–water partition coefficient (Wildman–Crippen LogP) is 1.98. The number of methoxy groups -OCH3 is 2. The fourth-order valence-corrected chi connectivity index (χ4v) is 2.68. The lowest BCUT2D eigenvalue weighted by Gasteiger charge is -2.16. The van der Waals surface area contributed by atoms with E-state index in [2.05, 4.69) is 0 Å². The van der Waals surface area contributed by atoms with Crippen molar-refractivity contribution < 1.29 is 29.3 Å². The number of amides is 1. The van der Waals surface area contributed by atoms with Crippen LogP contribution >= 0.6 is 24.0 Å². The van der Waals surface area contributed by atoms with Crippen molar-refractivity contribution in [3.63, 3.8) is 0 Å². The second-order valence-corrected chi connectivity index (χ2v) is 6.00. The van der Waals surface area contributed by atoms with Crippen molar-refractivity contribution in [3.05, 3.63) is 22.6 Å². The lowest BCUT2D eigenvalue weighted by atomic mass is 10.1. The van der Waals surface area contributed by atoms with Crippen LogP contribution in [0.1, 0.15) is 5.56 Å². The number of likely N-dealkylation sites (N-methyl/N-ethyl adjacent to an activating group) is 1. The van der Waals surface area contributed by atoms with Crippen molar-refractivity contribution >= 4 is 46.6 Å². The van der Waals surface area contributed by atoms with E-state index in [0.29, 0.717) is 5.56 Å². The maximum atomic E-state index is 12.3. The number of rotatable bonds is 8. The molecule has 1 aromatic carbocycles. The minimum atomic E-state index is -1.12. The lowest BCUT2D eigenvalue weighted by Crippen LogP contribution is -2.32. The summed E-state index contributed by atoms with van der Waals surface area (Å²) in [6, 6.07) is 3.04. The molecule has 1 aromatic rings. The molecule has 0 aliphatic carbocycles. The number of phenolic OH excluding ortho intramolecular Hbond substituents is 1. The summed E-state index contributed by atoms with van der Waals surface area (Å²) in [5.41, 5.74) is 0.526. The molecule has 2 N–H and O–H groups in total. The molecule has 0 aliphatic heterocycles. The van der Waals surface area contributed by atoms with E-state index in [9.17, 15) is 14.7 Å². The quantitative estimate of drug-likeness (QED) is 0.529. The Hall–Kier alpha value is -2.26. The average Bonchev–Trinajstić information content (AvgIpc) is 2.54. The molecule has 0 atom stereocenters. The number of aromatic hydroxyl groups is 1. The van der Waals surface area contributed by atoms with Gasteiger partial charge >= 0.3 is 5.97 Å². The Morgan fingerprint density at radius 2 is 1.83 bits per heavy atom. The van der Waals surface area contributed by atoms with Crippen LogP contribution in [0.3, 0.4) is 0 Å². The van der Waals surface area contributed by atoms with E-state index < -0.39 is 18.4 Å². The van der Waals surface area contributed by atoms with E-state index in [4.69, 9.17) is 26.8 Å². The van der Waals surface area contributed by atoms with Crippen LogP contribution in [0.4, 0.5) is 0 Å². The third kappa shape index (κ3) is 5.14. The van der Waals surface area contributed by atoms with E-state index in [1.165, 1.54) is 44.2 Å². The number of nitrogens with zero attached hydrogens (tertiary/aromatic N) is 1. The second kappa shape index (κ2) is 9.14. The number of carbonyl (C=O) groups excluding carboxylic acids is 1. The van der Waals surface area contributed by atoms with Gasteiger partial charge in [0.2, 0.25) is 5.75 Å². The highest BCUT2D eigenvalue weighted by Crippen LogP contribution is 2.38. The molecule has 0 aromatic heterocycles. The minimum absolute atomic E-state index is 0.157. The number of carboxylic acids is 1. The maximum Gasteiger partial charge on any atom is 0.323 e. The van der Waals surface area contributed by atoms with Gasteiger partial charge in [0.15, 0.2) is 11.5 Å². The Morgan fingerprint density at radius 3 is 2.25 bits per heavy atom. The third-order valence-electron chi connectivity index (χ3n) is 2.90. The molecule has 1 amide bonds. The van der Waals surface area contributed by atoms with Crippen LogP contribution in [-0.4, -0.2) is 59.5 Å². The fraction of sp³-hybridized carbons (Fsp3) is 0.267. The standard InChI is InChI=1S/C15H17NO6S2/c1-16(7-13(17)18)15(20)12(24-8-23)6-9-4-10(21-2)14(19)11(5-9)22-3/h4-6,8,19H,7H2,1-3H3,(H,17,18)/b12-6-. The number of phenols is 1. The van der Waals surface area contributed by atoms with E-state index in [0.717, 1.165) is 16.7 Å². The molecule has 1 rings (SSSR count). The molecule has 0 saturated heterocycles. The average molecular weight is 371 g/mol. The highest BCUT2D eigenvalue weighted by atomic mass is 32.2. The minimum Gasteiger partial charge on any atom is -0.502 e. The summed E-state index contributed by atoms with van der Waals surface area (Å²) in [6.45, 7) is -0.434. The van der Waals surface area contributed by atoms with Crippen LogP contribution in [0, 0.1) is 0 Å². The SMILES string of the molecule is COc1cc(/C=C(\SC=S)C(=O)N(C)CC(=O)O)cc(OC)c1O. The van der Waals surface area contributed by atoms with Crippen molar-refractivity contribution in [2.24, 2.45) is 0 Å². The van der Waals surface area contributed by atoms with Gasteiger partial charge in [0.05, 0.1) is 19.1 Å². The van der Waals surface area contributed by atoms with Gasteiger partial charge < -0.3 is 24.6 Å². The normalized spacial score (nSPS) is 10.9. The summed E-state index contributed by atoms with van der Waals surface area (Å²) in [5, 5.41) is 18.7. The number of thiocarbonyl (C=S) groups is 1. The number of hydrogen-bond acceptors (Lipinski definition) is 7. The maximum absolute atomic E-state index is 12.3. The van der Waals surface area contributed by atoms with Gasteiger partial charge in [-0.3, -0.25) is 9.59 Å². The van der Waals surface area contributed by atoms with E-state index >= 15 is 0 Å². The number of carboxylic acid groups (broad SMARTS) is 1. The van der Waals surface area contributed by atoms with Gasteiger partial charge in [-0.2, -0.15) is 0 Å². The molecule has 0 saturated carbocycles. The zero-order valence-corrected chi connectivity index (χ0v) is 14.9. The van der Waals surface area contributed by atoms with Gasteiger partial charge in [-0.25, -0.2) is 0 Å². The van der Waals surface area contributed by atoms with E-state index in [-0.39, 0.29) is 22.2 Å². The second-order valence-electron chi connectivity index (χ2n) is 4.55. The smallest absolute Gasteiger partial charge is 0.323 e. The number of benzene rings is 1. The molecule has 0 radical (unpaired) electrons. The summed E-state index contributed by atoms with van der Waals surface area (Å²) in [7, 11) is 4.16. The third-order valence-corrected chi connectivity index (χ3v) is 3.84. The highest BCUT2D eigenvalue weighted by Gasteiger charge is 2.18. The van der Waals surface area contributed by atoms with Crippen LogP contribution in [0.25, 0.3) is 6.08 Å². The zero-order valence-electron chi connectivity index (χ0n) is 13.3. The highest BCUT2D eigenvalue weighted by molar-refractivity contribution is 8.24. The van der Waals surface area contributed by atoms with Gasteiger partial charge in [-0.05, 0) is 23.8 Å². The van der Waals surface area contributed by atoms with Gasteiger partial charge in [0.25, 0.3) is 5.91 Å². The largest absolute Gasteiger partial charge is 0.502 e. The molecule has 0 unspecified atom stereocenters. The Bertz CT molecular complexity index is 649. The van der Waals surface area contributed by atoms with Gasteiger partial charge in [0.1, 0.15) is 6.54 Å². The first-order chi connectivity index (χ1) is 11.3. The van der Waals surface area contributed by atoms with Crippen LogP contribution in [-0.2, 0) is 9.59 Å². The van der Waals surface area contributed by atoms with Gasteiger partial charge in [-0.1, -0.05) is 24.0 Å². The number of aliphatic carboxylic acids is 1. The summed E-state index contributed by atoms with van der Waals surface area (Å²) >= 11 is 5.77. The molecule has 0 fully saturated rings. The molecule has 0 bridgehead atoms. The van der Waals surface area contributed by atoms with Gasteiger partial charge in [0, 0.05) is 11.7 Å². The molecule has 0 aliphatic rings. The van der Waals surface area contributed by atoms with Crippen molar-refractivity contribution in [1.29, 1.82) is 0 Å². The topological polar surface area (TPSA) is 96.3 Å². The molecular formula is C15H17NO6S2. The molecule has 24 heavy (non-hydrogen) atoms. The Labute approximate surface area is 148 Å². The van der Waals surface area contributed by atoms with Crippen LogP contribution in [0.15, 0.2) is 17.0 Å². The number of carbonyl (C=O) groups is 2. The predicted molar refractivity (Wildman–Crippen MR) is 95.7 cm³/mol. The van der Waals surface area contributed by atoms with Gasteiger partial charge in [-0.15, -0.1) is 0 Å². The zero-order chi connectivity index (χ0) is 18.3. The molecule has 130 valence electrons. The first kappa shape index (κ1) is 19.8. The monoisotopic (exact) mass is 371 g/mol. The lowest BCUT2D eigenvalue weighted by molar-refractivity contribution is -0.141. The fourth-order valence-electron chi connectivity index (χ4n) is 1.81. The van der Waals surface area contributed by atoms with Crippen molar-refractivity contribution in [1.82, 2.24) is 4.90 Å². The van der Waals surface area contributed by atoms with E-state index in [1.807, 2.05) is 0 Å². The Kier molecular flexibility index (Phi) is 7.53. The number of hydrogen-bond donors (Lipinski definition) is 2. The number of thioether (sulfide) groups is 1. The molecule has 0 spiro atoms. The summed E-state index contributed by atoms with van der Waals surface area (Å²) < 4.78 is 11.4.